The van der Waals surface area contributed by atoms with Crippen molar-refractivity contribution in [1.29, 1.82) is 0 Å². The first-order valence-corrected chi connectivity index (χ1v) is 7.40. The minimum Gasteiger partial charge on any atom is -0.493 e. The SMILES string of the molecule is C=CCOc1ccc(C(=O)NCc2ccccc2C)cc1OC. The van der Waals surface area contributed by atoms with E-state index in [0.717, 1.165) is 11.1 Å². The Kier molecular flexibility index (Phi) is 5.80. The average molecular weight is 311 g/mol. The summed E-state index contributed by atoms with van der Waals surface area (Å²) >= 11 is 0. The van der Waals surface area contributed by atoms with Gasteiger partial charge < -0.3 is 14.8 Å². The van der Waals surface area contributed by atoms with Crippen molar-refractivity contribution < 1.29 is 14.3 Å². The maximum Gasteiger partial charge on any atom is 0.251 e. The van der Waals surface area contributed by atoms with Crippen molar-refractivity contribution in [2.24, 2.45) is 0 Å². The maximum absolute atomic E-state index is 12.3. The highest BCUT2D eigenvalue weighted by atomic mass is 16.5. The molecule has 4 nitrogen and oxygen atoms in total. The van der Waals surface area contributed by atoms with Crippen molar-refractivity contribution in [3.05, 3.63) is 71.8 Å². The third kappa shape index (κ3) is 4.36. The molecular formula is C19H21NO3. The quantitative estimate of drug-likeness (QED) is 0.796. The lowest BCUT2D eigenvalue weighted by Gasteiger charge is -2.12. The minimum atomic E-state index is -0.151. The first kappa shape index (κ1) is 16.6. The number of hydrogen-bond acceptors (Lipinski definition) is 3. The number of benzene rings is 2. The van der Waals surface area contributed by atoms with Gasteiger partial charge in [0.15, 0.2) is 11.5 Å². The van der Waals surface area contributed by atoms with E-state index < -0.39 is 0 Å². The first-order chi connectivity index (χ1) is 11.2. The van der Waals surface area contributed by atoms with Crippen LogP contribution in [0, 0.1) is 6.92 Å². The second-order valence-electron chi connectivity index (χ2n) is 5.07. The number of carbonyl (C=O) groups is 1. The Morgan fingerprint density at radius 2 is 2.00 bits per heavy atom. The summed E-state index contributed by atoms with van der Waals surface area (Å²) in [6, 6.07) is 13.1. The van der Waals surface area contributed by atoms with Gasteiger partial charge in [-0.15, -0.1) is 0 Å². The number of rotatable bonds is 7. The van der Waals surface area contributed by atoms with Gasteiger partial charge >= 0.3 is 0 Å². The van der Waals surface area contributed by atoms with Crippen molar-refractivity contribution in [2.45, 2.75) is 13.5 Å². The second-order valence-corrected chi connectivity index (χ2v) is 5.07. The van der Waals surface area contributed by atoms with Crippen molar-refractivity contribution in [3.63, 3.8) is 0 Å². The summed E-state index contributed by atoms with van der Waals surface area (Å²) in [6.07, 6.45) is 1.66. The van der Waals surface area contributed by atoms with Crippen LogP contribution in [0.25, 0.3) is 0 Å². The van der Waals surface area contributed by atoms with Crippen LogP contribution in [0.2, 0.25) is 0 Å². The largest absolute Gasteiger partial charge is 0.493 e. The zero-order valence-electron chi connectivity index (χ0n) is 13.5. The molecular weight excluding hydrogens is 290 g/mol. The molecule has 0 aromatic heterocycles. The fourth-order valence-corrected chi connectivity index (χ4v) is 2.16. The van der Waals surface area contributed by atoms with Crippen LogP contribution in [-0.4, -0.2) is 19.6 Å². The lowest BCUT2D eigenvalue weighted by atomic mass is 10.1. The number of hydrogen-bond donors (Lipinski definition) is 1. The molecule has 0 aliphatic carbocycles. The highest BCUT2D eigenvalue weighted by Crippen LogP contribution is 2.28. The van der Waals surface area contributed by atoms with Crippen LogP contribution in [0.15, 0.2) is 55.1 Å². The predicted octanol–water partition coefficient (Wildman–Crippen LogP) is 3.50. The lowest BCUT2D eigenvalue weighted by Crippen LogP contribution is -2.23. The Labute approximate surface area is 136 Å². The fraction of sp³-hybridized carbons (Fsp3) is 0.211. The molecule has 2 rings (SSSR count). The Morgan fingerprint density at radius 1 is 1.22 bits per heavy atom. The van der Waals surface area contributed by atoms with E-state index in [-0.39, 0.29) is 5.91 Å². The zero-order valence-corrected chi connectivity index (χ0v) is 13.5. The smallest absolute Gasteiger partial charge is 0.251 e. The van der Waals surface area contributed by atoms with Crippen molar-refractivity contribution >= 4 is 5.91 Å². The molecule has 0 fully saturated rings. The third-order valence-corrected chi connectivity index (χ3v) is 3.48. The highest BCUT2D eigenvalue weighted by molar-refractivity contribution is 5.94. The fourth-order valence-electron chi connectivity index (χ4n) is 2.16. The number of methoxy groups -OCH3 is 1. The molecule has 0 saturated carbocycles. The number of carbonyl (C=O) groups excluding carboxylic acids is 1. The summed E-state index contributed by atoms with van der Waals surface area (Å²) in [5, 5.41) is 2.92. The van der Waals surface area contributed by atoms with Crippen LogP contribution in [0.1, 0.15) is 21.5 Å². The van der Waals surface area contributed by atoms with E-state index in [2.05, 4.69) is 11.9 Å². The molecule has 1 amide bonds. The van der Waals surface area contributed by atoms with Crippen LogP contribution in [0.5, 0.6) is 11.5 Å². The third-order valence-electron chi connectivity index (χ3n) is 3.48. The molecule has 23 heavy (non-hydrogen) atoms. The molecule has 2 aromatic rings. The minimum absolute atomic E-state index is 0.151. The van der Waals surface area contributed by atoms with Gasteiger partial charge in [-0.05, 0) is 36.2 Å². The van der Waals surface area contributed by atoms with Crippen LogP contribution in [0.4, 0.5) is 0 Å². The van der Waals surface area contributed by atoms with E-state index in [1.54, 1.807) is 31.4 Å². The van der Waals surface area contributed by atoms with Gasteiger partial charge in [0.2, 0.25) is 0 Å². The molecule has 0 heterocycles. The average Bonchev–Trinajstić information content (AvgIpc) is 2.58. The van der Waals surface area contributed by atoms with E-state index >= 15 is 0 Å². The Bertz CT molecular complexity index is 695. The van der Waals surface area contributed by atoms with Gasteiger partial charge in [-0.3, -0.25) is 4.79 Å². The van der Waals surface area contributed by atoms with E-state index in [1.807, 2.05) is 31.2 Å². The van der Waals surface area contributed by atoms with Gasteiger partial charge in [-0.2, -0.15) is 0 Å². The van der Waals surface area contributed by atoms with Gasteiger partial charge in [0.05, 0.1) is 7.11 Å². The molecule has 0 aliphatic heterocycles. The molecule has 0 saturated heterocycles. The second kappa shape index (κ2) is 8.03. The summed E-state index contributed by atoms with van der Waals surface area (Å²) < 4.78 is 10.8. The normalized spacial score (nSPS) is 10.0. The van der Waals surface area contributed by atoms with E-state index in [0.29, 0.717) is 30.2 Å². The van der Waals surface area contributed by atoms with E-state index in [9.17, 15) is 4.79 Å². The van der Waals surface area contributed by atoms with Crippen LogP contribution < -0.4 is 14.8 Å². The maximum atomic E-state index is 12.3. The molecule has 120 valence electrons. The van der Waals surface area contributed by atoms with Gasteiger partial charge in [0.25, 0.3) is 5.91 Å². The van der Waals surface area contributed by atoms with Gasteiger partial charge in [-0.1, -0.05) is 36.9 Å². The zero-order chi connectivity index (χ0) is 16.7. The molecule has 2 aromatic carbocycles. The topological polar surface area (TPSA) is 47.6 Å². The number of ether oxygens (including phenoxy) is 2. The molecule has 0 unspecified atom stereocenters. The number of nitrogens with one attached hydrogen (secondary N) is 1. The van der Waals surface area contributed by atoms with Crippen LogP contribution >= 0.6 is 0 Å². The van der Waals surface area contributed by atoms with Gasteiger partial charge in [-0.25, -0.2) is 0 Å². The Morgan fingerprint density at radius 3 is 2.70 bits per heavy atom. The lowest BCUT2D eigenvalue weighted by molar-refractivity contribution is 0.0950. The summed E-state index contributed by atoms with van der Waals surface area (Å²) in [6.45, 7) is 6.50. The summed E-state index contributed by atoms with van der Waals surface area (Å²) in [7, 11) is 1.55. The van der Waals surface area contributed by atoms with Gasteiger partial charge in [0, 0.05) is 12.1 Å². The molecule has 0 radical (unpaired) electrons. The van der Waals surface area contributed by atoms with E-state index in [4.69, 9.17) is 9.47 Å². The molecule has 0 spiro atoms. The molecule has 0 bridgehead atoms. The standard InChI is InChI=1S/C19H21NO3/c1-4-11-23-17-10-9-15(12-18(17)22-3)19(21)20-13-16-8-6-5-7-14(16)2/h4-10,12H,1,11,13H2,2-3H3,(H,20,21). The van der Waals surface area contributed by atoms with Crippen LogP contribution in [0.3, 0.4) is 0 Å². The number of aryl methyl sites for hydroxylation is 1. The van der Waals surface area contributed by atoms with Crippen LogP contribution in [-0.2, 0) is 6.54 Å². The Balaban J connectivity index is 2.07. The molecule has 0 atom stereocenters. The monoisotopic (exact) mass is 311 g/mol. The van der Waals surface area contributed by atoms with Gasteiger partial charge in [0.1, 0.15) is 6.61 Å². The molecule has 4 heteroatoms. The Hall–Kier alpha value is -2.75. The van der Waals surface area contributed by atoms with Crippen molar-refractivity contribution in [2.75, 3.05) is 13.7 Å². The highest BCUT2D eigenvalue weighted by Gasteiger charge is 2.11. The van der Waals surface area contributed by atoms with Crippen molar-refractivity contribution in [1.82, 2.24) is 5.32 Å². The summed E-state index contributed by atoms with van der Waals surface area (Å²) in [4.78, 5) is 12.3. The van der Waals surface area contributed by atoms with Crippen molar-refractivity contribution in [3.8, 4) is 11.5 Å². The first-order valence-electron chi connectivity index (χ1n) is 7.40. The predicted molar refractivity (Wildman–Crippen MR) is 91.0 cm³/mol. The summed E-state index contributed by atoms with van der Waals surface area (Å²) in [5.41, 5.74) is 2.78. The number of amides is 1. The molecule has 0 aliphatic rings. The summed E-state index contributed by atoms with van der Waals surface area (Å²) in [5.74, 6) is 0.958. The van der Waals surface area contributed by atoms with E-state index in [1.165, 1.54) is 0 Å². The molecule has 1 N–H and O–H groups in total.